The molecule has 2 fully saturated rings. The van der Waals surface area contributed by atoms with Gasteiger partial charge in [-0.1, -0.05) is 0 Å². The minimum atomic E-state index is -0.129. The Morgan fingerprint density at radius 2 is 2.24 bits per heavy atom. The van der Waals surface area contributed by atoms with Crippen LogP contribution in [0.2, 0.25) is 0 Å². The Kier molecular flexibility index (Phi) is 4.50. The van der Waals surface area contributed by atoms with E-state index in [9.17, 15) is 4.79 Å². The topological polar surface area (TPSA) is 85.9 Å². The lowest BCUT2D eigenvalue weighted by Crippen LogP contribution is -2.51. The second kappa shape index (κ2) is 6.53. The van der Waals surface area contributed by atoms with Crippen LogP contribution in [0, 0.1) is 0 Å². The average molecular weight is 292 g/mol. The summed E-state index contributed by atoms with van der Waals surface area (Å²) in [5.74, 6) is 0.824. The summed E-state index contributed by atoms with van der Waals surface area (Å²) < 4.78 is 0. The normalized spacial score (nSPS) is 25.9. The molecule has 0 aromatic carbocycles. The van der Waals surface area contributed by atoms with Crippen LogP contribution in [0.1, 0.15) is 44.5 Å². The van der Waals surface area contributed by atoms with Crippen molar-refractivity contribution in [2.24, 2.45) is 0 Å². The van der Waals surface area contributed by atoms with Crippen LogP contribution < -0.4 is 10.6 Å². The second-order valence-electron chi connectivity index (χ2n) is 5.98. The molecule has 0 spiro atoms. The fraction of sp³-hybridized carbons (Fsp3) is 0.786. The van der Waals surface area contributed by atoms with E-state index in [2.05, 4.69) is 30.7 Å². The van der Waals surface area contributed by atoms with Crippen LogP contribution in [0.5, 0.6) is 0 Å². The summed E-state index contributed by atoms with van der Waals surface area (Å²) in [6.45, 7) is 5.09. The number of aromatic amines is 1. The van der Waals surface area contributed by atoms with Gasteiger partial charge in [0, 0.05) is 6.04 Å². The number of amides is 1. The molecule has 1 aromatic heterocycles. The van der Waals surface area contributed by atoms with Crippen molar-refractivity contribution in [3.63, 3.8) is 0 Å². The Morgan fingerprint density at radius 3 is 2.95 bits per heavy atom. The van der Waals surface area contributed by atoms with Gasteiger partial charge in [-0.3, -0.25) is 14.8 Å². The molecule has 2 aliphatic heterocycles. The van der Waals surface area contributed by atoms with Gasteiger partial charge in [-0.05, 0) is 52.2 Å². The van der Waals surface area contributed by atoms with E-state index in [1.54, 1.807) is 0 Å². The Hall–Kier alpha value is -1.47. The van der Waals surface area contributed by atoms with Gasteiger partial charge in [0.1, 0.15) is 12.2 Å². The van der Waals surface area contributed by atoms with Crippen LogP contribution in [0.4, 0.5) is 0 Å². The molecule has 0 bridgehead atoms. The van der Waals surface area contributed by atoms with Gasteiger partial charge >= 0.3 is 0 Å². The quantitative estimate of drug-likeness (QED) is 0.738. The van der Waals surface area contributed by atoms with E-state index < -0.39 is 0 Å². The predicted octanol–water partition coefficient (Wildman–Crippen LogP) is 0.198. The Morgan fingerprint density at radius 1 is 1.43 bits per heavy atom. The molecule has 7 nitrogen and oxygen atoms in total. The number of rotatable bonds is 4. The van der Waals surface area contributed by atoms with E-state index in [0.29, 0.717) is 11.9 Å². The predicted molar refractivity (Wildman–Crippen MR) is 78.6 cm³/mol. The van der Waals surface area contributed by atoms with Gasteiger partial charge in [0.15, 0.2) is 0 Å². The lowest BCUT2D eigenvalue weighted by atomic mass is 10.0. The highest BCUT2D eigenvalue weighted by atomic mass is 16.2. The van der Waals surface area contributed by atoms with Crippen molar-refractivity contribution in [2.45, 2.75) is 50.7 Å². The van der Waals surface area contributed by atoms with Crippen LogP contribution in [-0.4, -0.2) is 57.7 Å². The summed E-state index contributed by atoms with van der Waals surface area (Å²) in [4.78, 5) is 19.1. The average Bonchev–Trinajstić information content (AvgIpc) is 3.19. The zero-order chi connectivity index (χ0) is 14.7. The molecule has 116 valence electrons. The van der Waals surface area contributed by atoms with Crippen LogP contribution in [-0.2, 0) is 4.79 Å². The van der Waals surface area contributed by atoms with E-state index in [1.165, 1.54) is 6.33 Å². The summed E-state index contributed by atoms with van der Waals surface area (Å²) in [7, 11) is 0. The molecule has 2 aliphatic rings. The summed E-state index contributed by atoms with van der Waals surface area (Å²) in [6.07, 6.45) is 5.81. The number of carbonyl (C=O) groups is 1. The first-order valence-corrected chi connectivity index (χ1v) is 7.88. The first-order chi connectivity index (χ1) is 10.3. The first-order valence-electron chi connectivity index (χ1n) is 7.88. The fourth-order valence-electron chi connectivity index (χ4n) is 3.45. The largest absolute Gasteiger partial charge is 0.345 e. The molecule has 2 atom stereocenters. The highest BCUT2D eigenvalue weighted by Crippen LogP contribution is 2.25. The lowest BCUT2D eigenvalue weighted by Gasteiger charge is -2.35. The van der Waals surface area contributed by atoms with E-state index in [1.807, 2.05) is 6.92 Å². The molecule has 2 saturated heterocycles. The number of H-pyrrole nitrogens is 1. The highest BCUT2D eigenvalue weighted by Gasteiger charge is 2.36. The van der Waals surface area contributed by atoms with Gasteiger partial charge in [-0.25, -0.2) is 4.98 Å². The van der Waals surface area contributed by atoms with E-state index in [0.717, 1.165) is 45.3 Å². The smallest absolute Gasteiger partial charge is 0.237 e. The van der Waals surface area contributed by atoms with Crippen molar-refractivity contribution in [3.8, 4) is 0 Å². The van der Waals surface area contributed by atoms with Crippen molar-refractivity contribution in [1.82, 2.24) is 30.7 Å². The summed E-state index contributed by atoms with van der Waals surface area (Å²) in [5, 5.41) is 13.1. The van der Waals surface area contributed by atoms with Crippen LogP contribution in [0.3, 0.4) is 0 Å². The molecule has 1 aromatic rings. The number of likely N-dealkylation sites (tertiary alicyclic amines) is 1. The van der Waals surface area contributed by atoms with Crippen molar-refractivity contribution in [2.75, 3.05) is 19.6 Å². The number of aromatic nitrogens is 3. The molecule has 0 saturated carbocycles. The Labute approximate surface area is 124 Å². The number of nitrogens with zero attached hydrogens (tertiary/aromatic N) is 3. The maximum Gasteiger partial charge on any atom is 0.237 e. The van der Waals surface area contributed by atoms with E-state index >= 15 is 0 Å². The number of nitrogens with one attached hydrogen (secondary N) is 3. The van der Waals surface area contributed by atoms with Crippen molar-refractivity contribution in [3.05, 3.63) is 12.2 Å². The van der Waals surface area contributed by atoms with Gasteiger partial charge < -0.3 is 10.6 Å². The molecule has 3 heterocycles. The zero-order valence-corrected chi connectivity index (χ0v) is 12.5. The van der Waals surface area contributed by atoms with E-state index in [-0.39, 0.29) is 18.0 Å². The molecule has 0 aliphatic carbocycles. The van der Waals surface area contributed by atoms with Gasteiger partial charge in [-0.15, -0.1) is 0 Å². The summed E-state index contributed by atoms with van der Waals surface area (Å²) >= 11 is 0. The van der Waals surface area contributed by atoms with Crippen LogP contribution in [0.15, 0.2) is 6.33 Å². The highest BCUT2D eigenvalue weighted by molar-refractivity contribution is 5.82. The lowest BCUT2D eigenvalue weighted by molar-refractivity contribution is -0.127. The van der Waals surface area contributed by atoms with Gasteiger partial charge in [0.05, 0.1) is 12.1 Å². The molecule has 1 amide bonds. The third kappa shape index (κ3) is 3.24. The SMILES string of the molecule is CC(NC(=O)C1CCCN1C1CCNCC1)c1ncn[nH]1. The van der Waals surface area contributed by atoms with Gasteiger partial charge in [0.2, 0.25) is 5.91 Å². The third-order valence-corrected chi connectivity index (χ3v) is 4.58. The molecular weight excluding hydrogens is 268 g/mol. The van der Waals surface area contributed by atoms with Gasteiger partial charge in [-0.2, -0.15) is 5.10 Å². The molecule has 21 heavy (non-hydrogen) atoms. The molecule has 7 heteroatoms. The molecule has 2 unspecified atom stereocenters. The maximum absolute atomic E-state index is 12.6. The molecule has 0 radical (unpaired) electrons. The molecule has 3 rings (SSSR count). The van der Waals surface area contributed by atoms with Crippen molar-refractivity contribution >= 4 is 5.91 Å². The minimum Gasteiger partial charge on any atom is -0.345 e. The summed E-state index contributed by atoms with van der Waals surface area (Å²) in [5.41, 5.74) is 0. The number of carbonyl (C=O) groups excluding carboxylic acids is 1. The second-order valence-corrected chi connectivity index (χ2v) is 5.98. The fourth-order valence-corrected chi connectivity index (χ4v) is 3.45. The first kappa shape index (κ1) is 14.5. The maximum atomic E-state index is 12.6. The number of hydrogen-bond donors (Lipinski definition) is 3. The third-order valence-electron chi connectivity index (χ3n) is 4.58. The van der Waals surface area contributed by atoms with E-state index in [4.69, 9.17) is 0 Å². The zero-order valence-electron chi connectivity index (χ0n) is 12.5. The Balaban J connectivity index is 1.60. The summed E-state index contributed by atoms with van der Waals surface area (Å²) in [6, 6.07) is 0.430. The number of hydrogen-bond acceptors (Lipinski definition) is 5. The van der Waals surface area contributed by atoms with Crippen molar-refractivity contribution in [1.29, 1.82) is 0 Å². The monoisotopic (exact) mass is 292 g/mol. The van der Waals surface area contributed by atoms with Gasteiger partial charge in [0.25, 0.3) is 0 Å². The van der Waals surface area contributed by atoms with Crippen molar-refractivity contribution < 1.29 is 4.79 Å². The molecular formula is C14H24N6O. The minimum absolute atomic E-state index is 0.0125. The van der Waals surface area contributed by atoms with Crippen LogP contribution >= 0.6 is 0 Å². The van der Waals surface area contributed by atoms with Crippen LogP contribution in [0.25, 0.3) is 0 Å². The molecule has 3 N–H and O–H groups in total. The standard InChI is InChI=1S/C14H24N6O/c1-10(13-16-9-17-19-13)18-14(21)12-3-2-8-20(12)11-4-6-15-7-5-11/h9-12,15H,2-8H2,1H3,(H,18,21)(H,16,17,19). The number of piperidine rings is 1. The Bertz CT molecular complexity index is 456.